The number of carbonyl (C=O) groups is 3. The minimum Gasteiger partial charge on any atom is -0.455 e. The maximum Gasteiger partial charge on any atom is 0.321 e. The van der Waals surface area contributed by atoms with Crippen LogP contribution in [-0.2, 0) is 14.3 Å². The van der Waals surface area contributed by atoms with E-state index in [2.05, 4.69) is 10.6 Å². The molecule has 0 unspecified atom stereocenters. The maximum atomic E-state index is 11.8. The minimum atomic E-state index is -0.636. The van der Waals surface area contributed by atoms with Crippen LogP contribution in [0.4, 0.5) is 4.79 Å². The van der Waals surface area contributed by atoms with Crippen molar-refractivity contribution in [2.45, 2.75) is 36.0 Å². The predicted octanol–water partition coefficient (Wildman–Crippen LogP) is 1.70. The molecule has 0 saturated heterocycles. The number of thioether (sulfide) groups is 1. The van der Waals surface area contributed by atoms with Crippen molar-refractivity contribution in [3.05, 3.63) is 30.3 Å². The van der Waals surface area contributed by atoms with Gasteiger partial charge in [-0.15, -0.1) is 11.8 Å². The molecule has 118 valence electrons. The lowest BCUT2D eigenvalue weighted by atomic mass is 10.4. The summed E-state index contributed by atoms with van der Waals surface area (Å²) in [6.07, 6.45) is 1.87. The fourth-order valence-electron chi connectivity index (χ4n) is 1.62. The lowest BCUT2D eigenvalue weighted by molar-refractivity contribution is -0.147. The zero-order chi connectivity index (χ0) is 15.9. The molecule has 0 radical (unpaired) electrons. The Morgan fingerprint density at radius 3 is 2.59 bits per heavy atom. The molecule has 0 heterocycles. The van der Waals surface area contributed by atoms with Crippen LogP contribution < -0.4 is 10.6 Å². The summed E-state index contributed by atoms with van der Waals surface area (Å²) in [5, 5.41) is 4.30. The summed E-state index contributed by atoms with van der Waals surface area (Å²) >= 11 is 1.35. The van der Waals surface area contributed by atoms with Gasteiger partial charge in [0.2, 0.25) is 0 Å². The molecule has 0 bridgehead atoms. The van der Waals surface area contributed by atoms with E-state index in [9.17, 15) is 14.4 Å². The molecule has 1 aliphatic carbocycles. The highest BCUT2D eigenvalue weighted by molar-refractivity contribution is 8.00. The smallest absolute Gasteiger partial charge is 0.321 e. The number of amides is 3. The summed E-state index contributed by atoms with van der Waals surface area (Å²) in [6, 6.07) is 9.06. The van der Waals surface area contributed by atoms with Crippen molar-refractivity contribution in [3.8, 4) is 0 Å². The highest BCUT2D eigenvalue weighted by Crippen LogP contribution is 2.23. The number of hydrogen-bond acceptors (Lipinski definition) is 5. The molecule has 1 atom stereocenters. The Labute approximate surface area is 133 Å². The molecule has 1 fully saturated rings. The Morgan fingerprint density at radius 2 is 1.95 bits per heavy atom. The fraction of sp³-hybridized carbons (Fsp3) is 0.400. The average molecular weight is 322 g/mol. The van der Waals surface area contributed by atoms with Gasteiger partial charge in [-0.1, -0.05) is 18.2 Å². The molecule has 0 aliphatic heterocycles. The van der Waals surface area contributed by atoms with Gasteiger partial charge in [0.05, 0.1) is 0 Å². The highest BCUT2D eigenvalue weighted by atomic mass is 32.2. The maximum absolute atomic E-state index is 11.8. The van der Waals surface area contributed by atoms with E-state index < -0.39 is 29.8 Å². The van der Waals surface area contributed by atoms with E-state index in [1.165, 1.54) is 11.8 Å². The zero-order valence-electron chi connectivity index (χ0n) is 12.2. The van der Waals surface area contributed by atoms with Crippen molar-refractivity contribution >= 4 is 29.7 Å². The number of urea groups is 1. The summed E-state index contributed by atoms with van der Waals surface area (Å²) in [6.45, 7) is 1.24. The van der Waals surface area contributed by atoms with Crippen LogP contribution in [0.15, 0.2) is 35.2 Å². The molecule has 6 nitrogen and oxygen atoms in total. The number of rotatable bonds is 6. The van der Waals surface area contributed by atoms with Gasteiger partial charge in [0.15, 0.2) is 6.61 Å². The Balaban J connectivity index is 1.67. The summed E-state index contributed by atoms with van der Waals surface area (Å²) in [4.78, 5) is 35.6. The van der Waals surface area contributed by atoms with Crippen LogP contribution in [0.5, 0.6) is 0 Å². The number of nitrogens with one attached hydrogen (secondary N) is 2. The molecule has 22 heavy (non-hydrogen) atoms. The summed E-state index contributed by atoms with van der Waals surface area (Å²) in [7, 11) is 0. The molecule has 2 N–H and O–H groups in total. The number of ether oxygens (including phenoxy) is 1. The Morgan fingerprint density at radius 1 is 1.27 bits per heavy atom. The van der Waals surface area contributed by atoms with Crippen LogP contribution in [0.3, 0.4) is 0 Å². The van der Waals surface area contributed by atoms with Gasteiger partial charge in [0.1, 0.15) is 5.25 Å². The Bertz CT molecular complexity index is 546. The standard InChI is InChI=1S/C15H18N2O4S/c1-10(22-12-5-3-2-4-6-12)14(19)21-9-13(18)17-15(20)16-11-7-8-11/h2-6,10-11H,7-9H2,1H3,(H2,16,17,18,20)/t10-/m1/s1. The quantitative estimate of drug-likeness (QED) is 0.615. The monoisotopic (exact) mass is 322 g/mol. The van der Waals surface area contributed by atoms with Crippen LogP contribution in [0.1, 0.15) is 19.8 Å². The number of carbonyl (C=O) groups excluding carboxylic acids is 3. The number of esters is 1. The van der Waals surface area contributed by atoms with E-state index in [0.29, 0.717) is 0 Å². The molecule has 1 aromatic rings. The van der Waals surface area contributed by atoms with Gasteiger partial charge in [-0.25, -0.2) is 4.79 Å². The largest absolute Gasteiger partial charge is 0.455 e. The van der Waals surface area contributed by atoms with Gasteiger partial charge < -0.3 is 10.1 Å². The molecule has 1 aliphatic rings. The van der Waals surface area contributed by atoms with Crippen molar-refractivity contribution in [1.29, 1.82) is 0 Å². The Kier molecular flexibility index (Phi) is 5.83. The fourth-order valence-corrected chi connectivity index (χ4v) is 2.50. The third kappa shape index (κ3) is 5.77. The molecular weight excluding hydrogens is 304 g/mol. The van der Waals surface area contributed by atoms with Crippen molar-refractivity contribution in [1.82, 2.24) is 10.6 Å². The lowest BCUT2D eigenvalue weighted by Crippen LogP contribution is -2.42. The first-order chi connectivity index (χ1) is 10.5. The molecule has 1 aromatic carbocycles. The predicted molar refractivity (Wildman–Crippen MR) is 82.4 cm³/mol. The molecular formula is C15H18N2O4S. The minimum absolute atomic E-state index is 0.164. The molecule has 0 spiro atoms. The van der Waals surface area contributed by atoms with E-state index in [1.54, 1.807) is 6.92 Å². The van der Waals surface area contributed by atoms with Crippen molar-refractivity contribution in [2.24, 2.45) is 0 Å². The summed E-state index contributed by atoms with van der Waals surface area (Å²) < 4.78 is 4.91. The molecule has 3 amide bonds. The van der Waals surface area contributed by atoms with E-state index in [4.69, 9.17) is 4.74 Å². The van der Waals surface area contributed by atoms with Crippen LogP contribution >= 0.6 is 11.8 Å². The first-order valence-electron chi connectivity index (χ1n) is 7.03. The molecule has 7 heteroatoms. The van der Waals surface area contributed by atoms with E-state index >= 15 is 0 Å². The second-order valence-corrected chi connectivity index (χ2v) is 6.39. The van der Waals surface area contributed by atoms with Crippen molar-refractivity contribution in [2.75, 3.05) is 6.61 Å². The normalized spacial score (nSPS) is 14.8. The van der Waals surface area contributed by atoms with Crippen molar-refractivity contribution < 1.29 is 19.1 Å². The SMILES string of the molecule is C[C@@H](Sc1ccccc1)C(=O)OCC(=O)NC(=O)NC1CC1. The van der Waals surface area contributed by atoms with Gasteiger partial charge in [-0.2, -0.15) is 0 Å². The zero-order valence-corrected chi connectivity index (χ0v) is 13.0. The molecule has 2 rings (SSSR count). The Hall–Kier alpha value is -2.02. The number of imide groups is 1. The summed E-state index contributed by atoms with van der Waals surface area (Å²) in [5.41, 5.74) is 0. The van der Waals surface area contributed by atoms with Crippen LogP contribution in [0.25, 0.3) is 0 Å². The first kappa shape index (κ1) is 16.4. The second kappa shape index (κ2) is 7.84. The molecule has 0 aromatic heterocycles. The van der Waals surface area contributed by atoms with Crippen molar-refractivity contribution in [3.63, 3.8) is 0 Å². The van der Waals surface area contributed by atoms with E-state index in [-0.39, 0.29) is 6.04 Å². The number of benzene rings is 1. The first-order valence-corrected chi connectivity index (χ1v) is 7.91. The average Bonchev–Trinajstić information content (AvgIpc) is 3.29. The van der Waals surface area contributed by atoms with Gasteiger partial charge in [0, 0.05) is 10.9 Å². The van der Waals surface area contributed by atoms with Gasteiger partial charge >= 0.3 is 12.0 Å². The highest BCUT2D eigenvalue weighted by Gasteiger charge is 2.24. The van der Waals surface area contributed by atoms with Crippen LogP contribution in [0.2, 0.25) is 0 Å². The number of hydrogen-bond donors (Lipinski definition) is 2. The third-order valence-electron chi connectivity index (χ3n) is 2.90. The van der Waals surface area contributed by atoms with Crippen LogP contribution in [0, 0.1) is 0 Å². The van der Waals surface area contributed by atoms with Gasteiger partial charge in [-0.3, -0.25) is 14.9 Å². The topological polar surface area (TPSA) is 84.5 Å². The van der Waals surface area contributed by atoms with E-state index in [0.717, 1.165) is 17.7 Å². The lowest BCUT2D eigenvalue weighted by Gasteiger charge is -2.11. The second-order valence-electron chi connectivity index (χ2n) is 4.98. The summed E-state index contributed by atoms with van der Waals surface area (Å²) in [5.74, 6) is -1.13. The third-order valence-corrected chi connectivity index (χ3v) is 3.99. The van der Waals surface area contributed by atoms with E-state index in [1.807, 2.05) is 30.3 Å². The van der Waals surface area contributed by atoms with Gasteiger partial charge in [0.25, 0.3) is 5.91 Å². The van der Waals surface area contributed by atoms with Crippen LogP contribution in [-0.4, -0.2) is 35.8 Å². The molecule has 1 saturated carbocycles. The van der Waals surface area contributed by atoms with Gasteiger partial charge in [-0.05, 0) is 31.9 Å².